The summed E-state index contributed by atoms with van der Waals surface area (Å²) >= 11 is 0. The third kappa shape index (κ3) is 3.96. The summed E-state index contributed by atoms with van der Waals surface area (Å²) < 4.78 is 17.1. The van der Waals surface area contributed by atoms with Crippen LogP contribution < -0.4 is 5.32 Å². The molecule has 0 atom stereocenters. The zero-order valence-electron chi connectivity index (χ0n) is 18.7. The molecule has 0 bridgehead atoms. The monoisotopic (exact) mass is 476 g/mol. The molecule has 0 fully saturated rings. The van der Waals surface area contributed by atoms with Crippen molar-refractivity contribution in [3.8, 4) is 28.3 Å². The minimum atomic E-state index is -0.326. The Bertz CT molecular complexity index is 1680. The summed E-state index contributed by atoms with van der Waals surface area (Å²) in [7, 11) is 0. The van der Waals surface area contributed by atoms with E-state index in [0.29, 0.717) is 34.1 Å². The van der Waals surface area contributed by atoms with E-state index in [1.54, 1.807) is 66.1 Å². The van der Waals surface area contributed by atoms with Gasteiger partial charge < -0.3 is 5.32 Å². The molecule has 0 aliphatic rings. The number of amides is 1. The van der Waals surface area contributed by atoms with Crippen LogP contribution in [0.2, 0.25) is 0 Å². The number of nitrogens with zero attached hydrogens (tertiary/aromatic N) is 7. The van der Waals surface area contributed by atoms with Gasteiger partial charge in [-0.1, -0.05) is 0 Å². The summed E-state index contributed by atoms with van der Waals surface area (Å²) in [4.78, 5) is 29.6. The SMILES string of the molecule is O=C(Nc1cn2nc(-c3c(-c4ccc(F)cc4)ncn3-c3ccncc3)ccc2n1)c1ccncc1. The van der Waals surface area contributed by atoms with Gasteiger partial charge in [0, 0.05) is 35.9 Å². The maximum Gasteiger partial charge on any atom is 0.256 e. The molecular weight excluding hydrogens is 459 g/mol. The Kier molecular flexibility index (Phi) is 5.23. The second kappa shape index (κ2) is 8.84. The zero-order chi connectivity index (χ0) is 24.5. The Balaban J connectivity index is 1.43. The third-order valence-corrected chi connectivity index (χ3v) is 5.57. The van der Waals surface area contributed by atoms with Crippen molar-refractivity contribution in [3.05, 3.63) is 109 Å². The highest BCUT2D eigenvalue weighted by atomic mass is 19.1. The number of halogens is 1. The Morgan fingerprint density at radius 3 is 2.33 bits per heavy atom. The summed E-state index contributed by atoms with van der Waals surface area (Å²) in [5.74, 6) is -0.258. The van der Waals surface area contributed by atoms with Crippen LogP contribution in [-0.2, 0) is 0 Å². The van der Waals surface area contributed by atoms with Crippen molar-refractivity contribution in [1.29, 1.82) is 0 Å². The van der Waals surface area contributed by atoms with E-state index in [1.165, 1.54) is 12.1 Å². The fourth-order valence-corrected chi connectivity index (χ4v) is 3.87. The van der Waals surface area contributed by atoms with Crippen LogP contribution in [0.5, 0.6) is 0 Å². The molecule has 1 aromatic carbocycles. The van der Waals surface area contributed by atoms with Crippen LogP contribution in [0.3, 0.4) is 0 Å². The van der Waals surface area contributed by atoms with Gasteiger partial charge in [-0.25, -0.2) is 18.9 Å². The first kappa shape index (κ1) is 21.3. The number of hydrogen-bond acceptors (Lipinski definition) is 6. The number of pyridine rings is 2. The quantitative estimate of drug-likeness (QED) is 0.395. The molecule has 0 saturated carbocycles. The smallest absolute Gasteiger partial charge is 0.256 e. The van der Waals surface area contributed by atoms with Crippen LogP contribution >= 0.6 is 0 Å². The van der Waals surface area contributed by atoms with Crippen molar-refractivity contribution in [3.63, 3.8) is 0 Å². The molecule has 0 saturated heterocycles. The summed E-state index contributed by atoms with van der Waals surface area (Å²) in [6.45, 7) is 0. The maximum absolute atomic E-state index is 13.6. The number of fused-ring (bicyclic) bond motifs is 1. The van der Waals surface area contributed by atoms with Crippen molar-refractivity contribution in [1.82, 2.24) is 34.1 Å². The lowest BCUT2D eigenvalue weighted by atomic mass is 10.1. The van der Waals surface area contributed by atoms with Gasteiger partial charge in [0.2, 0.25) is 0 Å². The van der Waals surface area contributed by atoms with Crippen LogP contribution in [0.15, 0.2) is 98.0 Å². The predicted octanol–water partition coefficient (Wildman–Crippen LogP) is 4.43. The zero-order valence-corrected chi connectivity index (χ0v) is 18.7. The van der Waals surface area contributed by atoms with E-state index in [0.717, 1.165) is 11.3 Å². The summed E-state index contributed by atoms with van der Waals surface area (Å²) in [5.41, 5.74) is 4.59. The molecule has 0 unspecified atom stereocenters. The van der Waals surface area contributed by atoms with Crippen LogP contribution in [-0.4, -0.2) is 40.0 Å². The molecule has 5 heterocycles. The molecule has 6 aromatic rings. The van der Waals surface area contributed by atoms with E-state index in [9.17, 15) is 9.18 Å². The molecule has 9 nitrogen and oxygen atoms in total. The lowest BCUT2D eigenvalue weighted by molar-refractivity contribution is 0.102. The van der Waals surface area contributed by atoms with E-state index in [4.69, 9.17) is 5.10 Å². The summed E-state index contributed by atoms with van der Waals surface area (Å²) in [6.07, 6.45) is 9.84. The van der Waals surface area contributed by atoms with E-state index in [1.807, 2.05) is 28.8 Å². The summed E-state index contributed by atoms with van der Waals surface area (Å²) in [6, 6.07) is 16.8. The van der Waals surface area contributed by atoms with Crippen molar-refractivity contribution < 1.29 is 9.18 Å². The predicted molar refractivity (Wildman–Crippen MR) is 131 cm³/mol. The first-order chi connectivity index (χ1) is 17.7. The van der Waals surface area contributed by atoms with Gasteiger partial charge in [0.1, 0.15) is 23.5 Å². The van der Waals surface area contributed by atoms with Gasteiger partial charge in [-0.2, -0.15) is 5.10 Å². The highest BCUT2D eigenvalue weighted by molar-refractivity contribution is 6.03. The molecule has 0 radical (unpaired) electrons. The molecule has 0 spiro atoms. The number of carbonyl (C=O) groups is 1. The van der Waals surface area contributed by atoms with Gasteiger partial charge in [0.25, 0.3) is 5.91 Å². The molecule has 0 aliphatic carbocycles. The Morgan fingerprint density at radius 2 is 1.58 bits per heavy atom. The number of anilines is 1. The number of carbonyl (C=O) groups excluding carboxylic acids is 1. The fourth-order valence-electron chi connectivity index (χ4n) is 3.87. The maximum atomic E-state index is 13.6. The fraction of sp³-hybridized carbons (Fsp3) is 0. The number of hydrogen-bond donors (Lipinski definition) is 1. The molecule has 6 rings (SSSR count). The second-order valence-corrected chi connectivity index (χ2v) is 7.86. The van der Waals surface area contributed by atoms with E-state index in [2.05, 4.69) is 25.3 Å². The minimum absolute atomic E-state index is 0.296. The molecule has 5 aromatic heterocycles. The molecule has 174 valence electrons. The standard InChI is InChI=1S/C26H17FN8O/c27-19-3-1-17(2-4-19)24-25(34(16-30-24)20-9-13-29-14-10-20)21-5-6-23-31-22(15-35(23)33-21)32-26(36)18-7-11-28-12-8-18/h1-16H,(H,32,36). The van der Waals surface area contributed by atoms with Crippen molar-refractivity contribution in [2.75, 3.05) is 5.32 Å². The van der Waals surface area contributed by atoms with Gasteiger partial charge in [0.15, 0.2) is 11.5 Å². The highest BCUT2D eigenvalue weighted by Crippen LogP contribution is 2.32. The molecule has 36 heavy (non-hydrogen) atoms. The van der Waals surface area contributed by atoms with Crippen molar-refractivity contribution in [2.24, 2.45) is 0 Å². The molecule has 0 aliphatic heterocycles. The van der Waals surface area contributed by atoms with Crippen LogP contribution in [0.25, 0.3) is 34.0 Å². The molecule has 1 N–H and O–H groups in total. The van der Waals surface area contributed by atoms with Crippen LogP contribution in [0.1, 0.15) is 10.4 Å². The topological polar surface area (TPSA) is 103 Å². The van der Waals surface area contributed by atoms with Crippen LogP contribution in [0.4, 0.5) is 10.2 Å². The lowest BCUT2D eigenvalue weighted by Crippen LogP contribution is -2.11. The van der Waals surface area contributed by atoms with Gasteiger partial charge in [-0.15, -0.1) is 0 Å². The number of imidazole rings is 2. The third-order valence-electron chi connectivity index (χ3n) is 5.57. The number of rotatable bonds is 5. The van der Waals surface area contributed by atoms with E-state index in [-0.39, 0.29) is 11.7 Å². The largest absolute Gasteiger partial charge is 0.305 e. The van der Waals surface area contributed by atoms with E-state index < -0.39 is 0 Å². The highest BCUT2D eigenvalue weighted by Gasteiger charge is 2.19. The second-order valence-electron chi connectivity index (χ2n) is 7.86. The Morgan fingerprint density at radius 1 is 0.861 bits per heavy atom. The number of benzene rings is 1. The average molecular weight is 476 g/mol. The Labute approximate surface area is 204 Å². The van der Waals surface area contributed by atoms with E-state index >= 15 is 0 Å². The van der Waals surface area contributed by atoms with Gasteiger partial charge >= 0.3 is 0 Å². The lowest BCUT2D eigenvalue weighted by Gasteiger charge is -2.10. The van der Waals surface area contributed by atoms with Crippen LogP contribution in [0, 0.1) is 5.82 Å². The van der Waals surface area contributed by atoms with Gasteiger partial charge in [0.05, 0.1) is 17.6 Å². The van der Waals surface area contributed by atoms with Crippen molar-refractivity contribution in [2.45, 2.75) is 0 Å². The van der Waals surface area contributed by atoms with Gasteiger partial charge in [-0.05, 0) is 60.7 Å². The first-order valence-electron chi connectivity index (χ1n) is 11.0. The number of aromatic nitrogens is 7. The summed E-state index contributed by atoms with van der Waals surface area (Å²) in [5, 5.41) is 7.53. The molecule has 10 heteroatoms. The average Bonchev–Trinajstić information content (AvgIpc) is 3.54. The normalized spacial score (nSPS) is 11.0. The number of nitrogens with one attached hydrogen (secondary N) is 1. The van der Waals surface area contributed by atoms with Crippen molar-refractivity contribution >= 4 is 17.4 Å². The minimum Gasteiger partial charge on any atom is -0.305 e. The first-order valence-corrected chi connectivity index (χ1v) is 11.0. The molecular formula is C26H17FN8O. The Hall–Kier alpha value is -5.25. The van der Waals surface area contributed by atoms with Gasteiger partial charge in [-0.3, -0.25) is 19.3 Å². The molecule has 1 amide bonds.